The van der Waals surface area contributed by atoms with E-state index >= 15 is 0 Å². The number of tetrazole rings is 1. The van der Waals surface area contributed by atoms with Crippen molar-refractivity contribution < 1.29 is 24.0 Å². The van der Waals surface area contributed by atoms with Crippen molar-refractivity contribution in [2.75, 3.05) is 25.1 Å². The Morgan fingerprint density at radius 1 is 1.02 bits per heavy atom. The molecule has 42 heavy (non-hydrogen) atoms. The van der Waals surface area contributed by atoms with Crippen LogP contribution in [0, 0.1) is 5.92 Å². The number of amides is 5. The first kappa shape index (κ1) is 32.5. The summed E-state index contributed by atoms with van der Waals surface area (Å²) in [5, 5.41) is 22.0. The Kier molecular flexibility index (Phi) is 12.3. The number of carbonyl (C=O) groups excluding carboxylic acids is 5. The van der Waals surface area contributed by atoms with E-state index in [0.717, 1.165) is 5.56 Å². The van der Waals surface area contributed by atoms with Gasteiger partial charge in [0.25, 0.3) is 0 Å². The summed E-state index contributed by atoms with van der Waals surface area (Å²) in [4.78, 5) is 67.8. The lowest BCUT2D eigenvalue weighted by Crippen LogP contribution is -2.57. The van der Waals surface area contributed by atoms with Crippen LogP contribution in [0.15, 0.2) is 36.7 Å². The first-order valence-corrected chi connectivity index (χ1v) is 15.2. The molecule has 15 heteroatoms. The fourth-order valence-electron chi connectivity index (χ4n) is 4.47. The van der Waals surface area contributed by atoms with Gasteiger partial charge in [-0.25, -0.2) is 4.68 Å². The molecule has 1 aromatic carbocycles. The zero-order valence-electron chi connectivity index (χ0n) is 24.3. The maximum atomic E-state index is 13.4. The smallest absolute Gasteiger partial charge is 0.244 e. The molecule has 1 aliphatic rings. The van der Waals surface area contributed by atoms with E-state index in [1.165, 1.54) is 27.7 Å². The molecule has 0 saturated carbocycles. The normalized spacial score (nSPS) is 22.8. The summed E-state index contributed by atoms with van der Waals surface area (Å²) in [5.74, 6) is -2.24. The number of aromatic nitrogens is 4. The minimum atomic E-state index is -0.957. The predicted molar refractivity (Wildman–Crippen MR) is 156 cm³/mol. The van der Waals surface area contributed by atoms with Crippen LogP contribution in [0.25, 0.3) is 0 Å². The van der Waals surface area contributed by atoms with Crippen molar-refractivity contribution >= 4 is 41.3 Å². The van der Waals surface area contributed by atoms with Gasteiger partial charge in [-0.15, -0.1) is 5.10 Å². The maximum Gasteiger partial charge on any atom is 0.244 e. The lowest BCUT2D eigenvalue weighted by atomic mass is 10.0. The van der Waals surface area contributed by atoms with Crippen LogP contribution in [0.5, 0.6) is 0 Å². The molecule has 0 spiro atoms. The Balaban J connectivity index is 1.96. The molecule has 2 heterocycles. The Morgan fingerprint density at radius 2 is 1.76 bits per heavy atom. The Morgan fingerprint density at radius 3 is 2.40 bits per heavy atom. The summed E-state index contributed by atoms with van der Waals surface area (Å²) in [6.07, 6.45) is 3.86. The van der Waals surface area contributed by atoms with Gasteiger partial charge in [0.15, 0.2) is 0 Å². The third-order valence-electron chi connectivity index (χ3n) is 6.75. The molecule has 5 amide bonds. The summed E-state index contributed by atoms with van der Waals surface area (Å²) < 4.78 is 1.23. The van der Waals surface area contributed by atoms with Crippen LogP contribution >= 0.6 is 11.8 Å². The highest BCUT2D eigenvalue weighted by molar-refractivity contribution is 7.98. The topological polar surface area (TPSA) is 180 Å². The van der Waals surface area contributed by atoms with E-state index in [2.05, 4.69) is 36.8 Å². The van der Waals surface area contributed by atoms with Crippen molar-refractivity contribution in [2.24, 2.45) is 5.92 Å². The first-order chi connectivity index (χ1) is 20.1. The second kappa shape index (κ2) is 15.8. The standard InChI is InChI=1S/C27H39N9O5S/c1-17(2)24-27(41)31-21(10-11-42-4)26(40)29-18(3)25(39)30-20(12-19-8-6-5-7-9-19)13-35(14-22(37)32-24)23(38)15-36-16-28-33-34-36/h5-9,16-18,20-21,24H,10-15H2,1-4H3,(H,29,40)(H,30,39)(H,31,41)(H,32,37)/t18-,20+,21-,24-/m0/s1. The molecule has 0 bridgehead atoms. The Labute approximate surface area is 249 Å². The van der Waals surface area contributed by atoms with Crippen molar-refractivity contribution in [2.45, 2.75) is 64.3 Å². The van der Waals surface area contributed by atoms with E-state index < -0.39 is 53.7 Å². The number of benzene rings is 1. The fourth-order valence-corrected chi connectivity index (χ4v) is 4.94. The molecule has 2 aromatic rings. The zero-order chi connectivity index (χ0) is 30.6. The average Bonchev–Trinajstić information content (AvgIpc) is 3.46. The van der Waals surface area contributed by atoms with Gasteiger partial charge in [-0.1, -0.05) is 44.2 Å². The summed E-state index contributed by atoms with van der Waals surface area (Å²) in [6, 6.07) is 6.00. The summed E-state index contributed by atoms with van der Waals surface area (Å²) >= 11 is 1.52. The van der Waals surface area contributed by atoms with Crippen LogP contribution < -0.4 is 21.3 Å². The molecule has 0 radical (unpaired) electrons. The van der Waals surface area contributed by atoms with Gasteiger partial charge in [0, 0.05) is 6.54 Å². The SMILES string of the molecule is CSCC[C@@H]1NC(=O)[C@H](C(C)C)NC(=O)CN(C(=O)Cn2cnnn2)C[C@@H](Cc2ccccc2)NC(=O)[C@H](C)NC1=O. The van der Waals surface area contributed by atoms with Crippen molar-refractivity contribution in [3.05, 3.63) is 42.2 Å². The van der Waals surface area contributed by atoms with Crippen LogP contribution in [0.2, 0.25) is 0 Å². The largest absolute Gasteiger partial charge is 0.349 e. The second-order valence-corrected chi connectivity index (χ2v) is 11.5. The molecule has 4 N–H and O–H groups in total. The number of rotatable bonds is 8. The molecule has 228 valence electrons. The van der Waals surface area contributed by atoms with Gasteiger partial charge in [-0.05, 0) is 53.7 Å². The third-order valence-corrected chi connectivity index (χ3v) is 7.39. The van der Waals surface area contributed by atoms with Crippen molar-refractivity contribution in [3.63, 3.8) is 0 Å². The molecule has 14 nitrogen and oxygen atoms in total. The maximum absolute atomic E-state index is 13.4. The Hall–Kier alpha value is -4.01. The van der Waals surface area contributed by atoms with E-state index in [0.29, 0.717) is 18.6 Å². The van der Waals surface area contributed by atoms with Crippen molar-refractivity contribution in [3.8, 4) is 0 Å². The van der Waals surface area contributed by atoms with Gasteiger partial charge in [-0.3, -0.25) is 24.0 Å². The molecule has 4 atom stereocenters. The minimum Gasteiger partial charge on any atom is -0.349 e. The molecule has 1 fully saturated rings. The molecule has 0 unspecified atom stereocenters. The summed E-state index contributed by atoms with van der Waals surface area (Å²) in [7, 11) is 0. The highest BCUT2D eigenvalue weighted by Crippen LogP contribution is 2.10. The van der Waals surface area contributed by atoms with E-state index in [-0.39, 0.29) is 25.6 Å². The first-order valence-electron chi connectivity index (χ1n) is 13.8. The summed E-state index contributed by atoms with van der Waals surface area (Å²) in [6.45, 7) is 4.48. The molecule has 3 rings (SSSR count). The highest BCUT2D eigenvalue weighted by Gasteiger charge is 2.32. The van der Waals surface area contributed by atoms with Crippen LogP contribution in [0.4, 0.5) is 0 Å². The number of nitrogens with zero attached hydrogens (tertiary/aromatic N) is 5. The lowest BCUT2D eigenvalue weighted by Gasteiger charge is -2.29. The fraction of sp³-hybridized carbons (Fsp3) is 0.556. The number of hydrogen-bond acceptors (Lipinski definition) is 9. The molecular formula is C27H39N9O5S. The number of thioether (sulfide) groups is 1. The van der Waals surface area contributed by atoms with Gasteiger partial charge in [-0.2, -0.15) is 11.8 Å². The molecular weight excluding hydrogens is 562 g/mol. The van der Waals surface area contributed by atoms with E-state index in [1.54, 1.807) is 20.8 Å². The number of nitrogens with one attached hydrogen (secondary N) is 4. The third kappa shape index (κ3) is 9.82. The Bertz CT molecular complexity index is 1210. The predicted octanol–water partition coefficient (Wildman–Crippen LogP) is -0.874. The number of hydrogen-bond donors (Lipinski definition) is 4. The molecule has 0 aliphatic carbocycles. The highest BCUT2D eigenvalue weighted by atomic mass is 32.2. The van der Waals surface area contributed by atoms with Crippen LogP contribution in [0.1, 0.15) is 32.8 Å². The van der Waals surface area contributed by atoms with E-state index in [4.69, 9.17) is 0 Å². The molecule has 1 aliphatic heterocycles. The quantitative estimate of drug-likeness (QED) is 0.299. The van der Waals surface area contributed by atoms with Crippen LogP contribution in [0.3, 0.4) is 0 Å². The van der Waals surface area contributed by atoms with Gasteiger partial charge < -0.3 is 26.2 Å². The van der Waals surface area contributed by atoms with Crippen LogP contribution in [-0.4, -0.2) is 104 Å². The molecule has 1 saturated heterocycles. The second-order valence-electron chi connectivity index (χ2n) is 10.5. The van der Waals surface area contributed by atoms with Gasteiger partial charge in [0.1, 0.15) is 31.0 Å². The zero-order valence-corrected chi connectivity index (χ0v) is 25.1. The number of carbonyl (C=O) groups is 5. The lowest BCUT2D eigenvalue weighted by molar-refractivity contribution is -0.138. The van der Waals surface area contributed by atoms with Crippen molar-refractivity contribution in [1.29, 1.82) is 0 Å². The van der Waals surface area contributed by atoms with Gasteiger partial charge in [0.2, 0.25) is 29.5 Å². The monoisotopic (exact) mass is 601 g/mol. The average molecular weight is 602 g/mol. The van der Waals surface area contributed by atoms with Gasteiger partial charge >= 0.3 is 0 Å². The van der Waals surface area contributed by atoms with E-state index in [9.17, 15) is 24.0 Å². The van der Waals surface area contributed by atoms with Crippen molar-refractivity contribution in [1.82, 2.24) is 46.4 Å². The van der Waals surface area contributed by atoms with Crippen LogP contribution in [-0.2, 0) is 36.9 Å². The molecule has 1 aromatic heterocycles. The minimum absolute atomic E-state index is 0.0232. The van der Waals surface area contributed by atoms with E-state index in [1.807, 2.05) is 36.6 Å². The summed E-state index contributed by atoms with van der Waals surface area (Å²) in [5.41, 5.74) is 0.904. The van der Waals surface area contributed by atoms with Gasteiger partial charge in [0.05, 0.1) is 12.6 Å².